The number of carbonyl (C=O) groups is 1. The Balaban J connectivity index is 1.76. The molecule has 162 valence electrons. The highest BCUT2D eigenvalue weighted by Gasteiger charge is 2.32. The summed E-state index contributed by atoms with van der Waals surface area (Å²) in [6.07, 6.45) is 0.492. The van der Waals surface area contributed by atoms with Crippen LogP contribution < -0.4 is 4.90 Å². The first-order valence-electron chi connectivity index (χ1n) is 10.4. The van der Waals surface area contributed by atoms with Gasteiger partial charge >= 0.3 is 0 Å². The van der Waals surface area contributed by atoms with Crippen molar-refractivity contribution in [2.75, 3.05) is 52.8 Å². The number of benzene rings is 1. The maximum atomic E-state index is 12.4. The van der Waals surface area contributed by atoms with Crippen molar-refractivity contribution >= 4 is 11.7 Å². The first-order valence-corrected chi connectivity index (χ1v) is 10.4. The van der Waals surface area contributed by atoms with Crippen LogP contribution in [0.1, 0.15) is 35.0 Å². The summed E-state index contributed by atoms with van der Waals surface area (Å²) in [7, 11) is 7.71. The summed E-state index contributed by atoms with van der Waals surface area (Å²) in [4.78, 5) is 28.1. The Kier molecular flexibility index (Phi) is 7.39. The molecule has 1 aromatic carbocycles. The molecule has 0 saturated carbocycles. The number of nitrogens with zero attached hydrogens (tertiary/aromatic N) is 5. The van der Waals surface area contributed by atoms with Crippen LogP contribution in [0.3, 0.4) is 0 Å². The molecule has 0 spiro atoms. The molecule has 7 nitrogen and oxygen atoms in total. The number of rotatable bonds is 9. The maximum absolute atomic E-state index is 12.4. The van der Waals surface area contributed by atoms with Crippen molar-refractivity contribution < 1.29 is 9.53 Å². The van der Waals surface area contributed by atoms with Gasteiger partial charge in [-0.05, 0) is 25.1 Å². The first-order chi connectivity index (χ1) is 14.4. The number of hydrogen-bond acceptors (Lipinski definition) is 6. The van der Waals surface area contributed by atoms with Crippen LogP contribution >= 0.6 is 0 Å². The van der Waals surface area contributed by atoms with Crippen LogP contribution in [0.15, 0.2) is 30.3 Å². The molecule has 2 aromatic rings. The monoisotopic (exact) mass is 411 g/mol. The molecule has 1 amide bonds. The Labute approximate surface area is 179 Å². The van der Waals surface area contributed by atoms with Gasteiger partial charge in [-0.25, -0.2) is 9.97 Å². The zero-order valence-corrected chi connectivity index (χ0v) is 18.8. The Morgan fingerprint density at radius 1 is 1.17 bits per heavy atom. The van der Waals surface area contributed by atoms with Crippen LogP contribution in [0, 0.1) is 6.92 Å². The second kappa shape index (κ2) is 10.00. The molecular formula is C23H33N5O2. The van der Waals surface area contributed by atoms with Gasteiger partial charge in [0, 0.05) is 59.2 Å². The highest BCUT2D eigenvalue weighted by atomic mass is 16.5. The number of ether oxygens (including phenoxy) is 1. The van der Waals surface area contributed by atoms with Gasteiger partial charge in [-0.2, -0.15) is 0 Å². The number of amides is 1. The fourth-order valence-electron chi connectivity index (χ4n) is 3.78. The van der Waals surface area contributed by atoms with Gasteiger partial charge in [0.2, 0.25) is 5.91 Å². The summed E-state index contributed by atoms with van der Waals surface area (Å²) in [5, 5.41) is 0. The third-order valence-electron chi connectivity index (χ3n) is 5.55. The number of aromatic nitrogens is 2. The van der Waals surface area contributed by atoms with E-state index in [1.807, 2.05) is 30.0 Å². The normalized spacial score (nSPS) is 16.5. The van der Waals surface area contributed by atoms with Crippen molar-refractivity contribution in [2.45, 2.75) is 32.4 Å². The number of carbonyl (C=O) groups excluding carboxylic acids is 1. The lowest BCUT2D eigenvalue weighted by molar-refractivity contribution is -0.128. The topological polar surface area (TPSA) is 61.8 Å². The van der Waals surface area contributed by atoms with Gasteiger partial charge in [0.1, 0.15) is 11.6 Å². The van der Waals surface area contributed by atoms with Crippen molar-refractivity contribution in [1.82, 2.24) is 19.8 Å². The Hall–Kier alpha value is -2.51. The lowest BCUT2D eigenvalue weighted by Gasteiger charge is -2.21. The second-order valence-electron chi connectivity index (χ2n) is 8.29. The van der Waals surface area contributed by atoms with Gasteiger partial charge in [0.05, 0.1) is 18.8 Å². The summed E-state index contributed by atoms with van der Waals surface area (Å²) < 4.78 is 5.13. The molecular weight excluding hydrogens is 378 g/mol. The van der Waals surface area contributed by atoms with Gasteiger partial charge in [0.15, 0.2) is 0 Å². The smallest absolute Gasteiger partial charge is 0.223 e. The maximum Gasteiger partial charge on any atom is 0.223 e. The minimum Gasteiger partial charge on any atom is -0.383 e. The predicted octanol–water partition coefficient (Wildman–Crippen LogP) is 2.45. The molecule has 30 heavy (non-hydrogen) atoms. The van der Waals surface area contributed by atoms with Crippen molar-refractivity contribution in [3.63, 3.8) is 0 Å². The lowest BCUT2D eigenvalue weighted by Crippen LogP contribution is -2.28. The molecule has 0 N–H and O–H groups in total. The summed E-state index contributed by atoms with van der Waals surface area (Å²) in [6.45, 7) is 5.49. The molecule has 2 heterocycles. The minimum absolute atomic E-state index is 0.0940. The van der Waals surface area contributed by atoms with Crippen LogP contribution in [-0.4, -0.2) is 73.6 Å². The van der Waals surface area contributed by atoms with Gasteiger partial charge < -0.3 is 14.5 Å². The van der Waals surface area contributed by atoms with Crippen molar-refractivity contribution in [3.8, 4) is 0 Å². The quantitative estimate of drug-likeness (QED) is 0.632. The van der Waals surface area contributed by atoms with E-state index in [1.54, 1.807) is 7.11 Å². The van der Waals surface area contributed by atoms with E-state index in [-0.39, 0.29) is 11.8 Å². The SMILES string of the molecule is COCCN1CC(c2cc(N(C)C)nc(CN(C)Cc3ccccc3C)n2)CC1=O. The highest BCUT2D eigenvalue weighted by molar-refractivity contribution is 5.79. The molecule has 3 rings (SSSR count). The van der Waals surface area contributed by atoms with Crippen LogP contribution in [0.5, 0.6) is 0 Å². The van der Waals surface area contributed by atoms with E-state index in [4.69, 9.17) is 14.7 Å². The molecule has 1 saturated heterocycles. The Morgan fingerprint density at radius 2 is 1.93 bits per heavy atom. The third kappa shape index (κ3) is 5.55. The Morgan fingerprint density at radius 3 is 2.63 bits per heavy atom. The minimum atomic E-state index is 0.0940. The standard InChI is InChI=1S/C23H33N5O2/c1-17-8-6-7-9-18(17)14-27(4)16-21-24-20(13-22(25-21)26(2)3)19-12-23(29)28(15-19)10-11-30-5/h6-9,13,19H,10-12,14-16H2,1-5H3. The molecule has 1 unspecified atom stereocenters. The molecule has 1 aromatic heterocycles. The molecule has 7 heteroatoms. The summed E-state index contributed by atoms with van der Waals surface area (Å²) in [5.74, 6) is 1.92. The predicted molar refractivity (Wildman–Crippen MR) is 119 cm³/mol. The van der Waals surface area contributed by atoms with Gasteiger partial charge in [-0.3, -0.25) is 9.69 Å². The number of hydrogen-bond donors (Lipinski definition) is 0. The fraction of sp³-hybridized carbons (Fsp3) is 0.522. The summed E-state index contributed by atoms with van der Waals surface area (Å²) >= 11 is 0. The molecule has 0 radical (unpaired) electrons. The number of methoxy groups -OCH3 is 1. The van der Waals surface area contributed by atoms with Crippen LogP contribution in [0.4, 0.5) is 5.82 Å². The zero-order valence-electron chi connectivity index (χ0n) is 18.8. The van der Waals surface area contributed by atoms with E-state index in [0.29, 0.717) is 32.7 Å². The summed E-state index contributed by atoms with van der Waals surface area (Å²) in [6, 6.07) is 10.4. The fourth-order valence-corrected chi connectivity index (χ4v) is 3.78. The molecule has 0 bridgehead atoms. The van der Waals surface area contributed by atoms with E-state index in [9.17, 15) is 4.79 Å². The number of likely N-dealkylation sites (tertiary alicyclic amines) is 1. The van der Waals surface area contributed by atoms with Crippen molar-refractivity contribution in [1.29, 1.82) is 0 Å². The van der Waals surface area contributed by atoms with E-state index in [2.05, 4.69) is 43.1 Å². The average Bonchev–Trinajstić information content (AvgIpc) is 3.08. The van der Waals surface area contributed by atoms with Crippen LogP contribution in [-0.2, 0) is 22.6 Å². The molecule has 0 aliphatic carbocycles. The van der Waals surface area contributed by atoms with E-state index in [1.165, 1.54) is 11.1 Å². The lowest BCUT2D eigenvalue weighted by atomic mass is 10.0. The van der Waals surface area contributed by atoms with E-state index in [0.717, 1.165) is 23.9 Å². The van der Waals surface area contributed by atoms with Crippen molar-refractivity contribution in [3.05, 3.63) is 53.0 Å². The van der Waals surface area contributed by atoms with E-state index >= 15 is 0 Å². The van der Waals surface area contributed by atoms with Gasteiger partial charge in [-0.15, -0.1) is 0 Å². The number of anilines is 1. The van der Waals surface area contributed by atoms with Gasteiger partial charge in [0.25, 0.3) is 0 Å². The highest BCUT2D eigenvalue weighted by Crippen LogP contribution is 2.28. The number of aryl methyl sites for hydroxylation is 1. The second-order valence-corrected chi connectivity index (χ2v) is 8.29. The molecule has 1 fully saturated rings. The third-order valence-corrected chi connectivity index (χ3v) is 5.55. The molecule has 1 atom stereocenters. The van der Waals surface area contributed by atoms with Crippen molar-refractivity contribution in [2.24, 2.45) is 0 Å². The zero-order chi connectivity index (χ0) is 21.7. The average molecular weight is 412 g/mol. The van der Waals surface area contributed by atoms with Gasteiger partial charge in [-0.1, -0.05) is 24.3 Å². The van der Waals surface area contributed by atoms with Crippen LogP contribution in [0.2, 0.25) is 0 Å². The largest absolute Gasteiger partial charge is 0.383 e. The van der Waals surface area contributed by atoms with Crippen LogP contribution in [0.25, 0.3) is 0 Å². The molecule has 1 aliphatic heterocycles. The molecule has 1 aliphatic rings. The first kappa shape index (κ1) is 22.2. The summed E-state index contributed by atoms with van der Waals surface area (Å²) in [5.41, 5.74) is 3.54. The Bertz CT molecular complexity index is 870. The van der Waals surface area contributed by atoms with E-state index < -0.39 is 0 Å².